The van der Waals surface area contributed by atoms with Crippen LogP contribution in [0.4, 0.5) is 9.18 Å². The van der Waals surface area contributed by atoms with Crippen LogP contribution in [0.3, 0.4) is 0 Å². The second-order valence-electron chi connectivity index (χ2n) is 4.69. The van der Waals surface area contributed by atoms with E-state index in [9.17, 15) is 18.8 Å². The standard InChI is InChI=1S/C13H19FN2O5/c1-3-9(4-5-11(17)21-2)15-12(18)10-6-8(14)7-16(10)13(19)20/h4-5,8-10H,3,6-7H2,1-2H3,(H,15,18)(H,19,20)/b5-4+/t8-,9-,10-/m0/s1. The highest BCUT2D eigenvalue weighted by molar-refractivity contribution is 5.86. The molecule has 0 aliphatic carbocycles. The number of carbonyl (C=O) groups excluding carboxylic acids is 2. The van der Waals surface area contributed by atoms with Crippen LogP contribution in [0.5, 0.6) is 0 Å². The summed E-state index contributed by atoms with van der Waals surface area (Å²) in [6, 6.07) is -1.50. The fourth-order valence-electron chi connectivity index (χ4n) is 2.07. The molecule has 7 nitrogen and oxygen atoms in total. The van der Waals surface area contributed by atoms with Gasteiger partial charge in [-0.15, -0.1) is 0 Å². The van der Waals surface area contributed by atoms with Crippen molar-refractivity contribution in [2.45, 2.75) is 38.0 Å². The molecular formula is C13H19FN2O5. The summed E-state index contributed by atoms with van der Waals surface area (Å²) >= 11 is 0. The molecule has 118 valence electrons. The molecule has 0 unspecified atom stereocenters. The SMILES string of the molecule is CC[C@@H](/C=C/C(=O)OC)NC(=O)[C@@H]1C[C@H](F)CN1C(=O)O. The third-order valence-corrected chi connectivity index (χ3v) is 3.23. The predicted octanol–water partition coefficient (Wildman–Crippen LogP) is 0.701. The number of amides is 2. The number of ether oxygens (including phenoxy) is 1. The summed E-state index contributed by atoms with van der Waals surface area (Å²) in [4.78, 5) is 34.8. The van der Waals surface area contributed by atoms with Gasteiger partial charge in [0, 0.05) is 18.5 Å². The van der Waals surface area contributed by atoms with Crippen molar-refractivity contribution in [3.8, 4) is 0 Å². The predicted molar refractivity (Wildman–Crippen MR) is 71.4 cm³/mol. The summed E-state index contributed by atoms with van der Waals surface area (Å²) in [5.41, 5.74) is 0. The second-order valence-corrected chi connectivity index (χ2v) is 4.69. The number of esters is 1. The number of likely N-dealkylation sites (tertiary alicyclic amines) is 1. The molecule has 1 saturated heterocycles. The Morgan fingerprint density at radius 2 is 2.19 bits per heavy atom. The Labute approximate surface area is 121 Å². The van der Waals surface area contributed by atoms with Crippen molar-refractivity contribution >= 4 is 18.0 Å². The molecule has 0 saturated carbocycles. The summed E-state index contributed by atoms with van der Waals surface area (Å²) in [7, 11) is 1.23. The highest BCUT2D eigenvalue weighted by Gasteiger charge is 2.40. The summed E-state index contributed by atoms with van der Waals surface area (Å²) in [6.07, 6.45) is 0.302. The Kier molecular flexibility index (Phi) is 6.13. The van der Waals surface area contributed by atoms with Gasteiger partial charge in [-0.05, 0) is 6.42 Å². The van der Waals surface area contributed by atoms with Crippen molar-refractivity contribution in [2.75, 3.05) is 13.7 Å². The second kappa shape index (κ2) is 7.61. The topological polar surface area (TPSA) is 95.9 Å². The number of methoxy groups -OCH3 is 1. The Morgan fingerprint density at radius 3 is 2.71 bits per heavy atom. The normalized spacial score (nSPS) is 23.1. The lowest BCUT2D eigenvalue weighted by Gasteiger charge is -2.22. The van der Waals surface area contributed by atoms with Crippen LogP contribution < -0.4 is 5.32 Å². The van der Waals surface area contributed by atoms with Gasteiger partial charge in [0.2, 0.25) is 5.91 Å². The number of rotatable bonds is 5. The number of nitrogens with one attached hydrogen (secondary N) is 1. The Hall–Kier alpha value is -2.12. The van der Waals surface area contributed by atoms with E-state index in [0.717, 1.165) is 4.90 Å². The fraction of sp³-hybridized carbons (Fsp3) is 0.615. The highest BCUT2D eigenvalue weighted by atomic mass is 19.1. The molecule has 21 heavy (non-hydrogen) atoms. The van der Waals surface area contributed by atoms with E-state index in [4.69, 9.17) is 5.11 Å². The highest BCUT2D eigenvalue weighted by Crippen LogP contribution is 2.20. The molecule has 1 aliphatic rings. The first-order valence-electron chi connectivity index (χ1n) is 6.59. The van der Waals surface area contributed by atoms with Crippen LogP contribution in [0.2, 0.25) is 0 Å². The van der Waals surface area contributed by atoms with Gasteiger partial charge in [0.05, 0.1) is 13.7 Å². The monoisotopic (exact) mass is 302 g/mol. The van der Waals surface area contributed by atoms with E-state index >= 15 is 0 Å². The van der Waals surface area contributed by atoms with Gasteiger partial charge in [0.1, 0.15) is 12.2 Å². The average molecular weight is 302 g/mol. The van der Waals surface area contributed by atoms with Crippen LogP contribution in [0.25, 0.3) is 0 Å². The largest absolute Gasteiger partial charge is 0.466 e. The summed E-state index contributed by atoms with van der Waals surface area (Å²) in [5, 5.41) is 11.5. The number of hydrogen-bond acceptors (Lipinski definition) is 4. The smallest absolute Gasteiger partial charge is 0.408 e. The van der Waals surface area contributed by atoms with Crippen LogP contribution in [0.1, 0.15) is 19.8 Å². The Balaban J connectivity index is 2.67. The number of halogens is 1. The molecule has 0 spiro atoms. The minimum atomic E-state index is -1.34. The lowest BCUT2D eigenvalue weighted by atomic mass is 10.1. The molecule has 0 aromatic rings. The fourth-order valence-corrected chi connectivity index (χ4v) is 2.07. The molecule has 2 N–H and O–H groups in total. The van der Waals surface area contributed by atoms with Crippen LogP contribution in [-0.4, -0.2) is 59.9 Å². The van der Waals surface area contributed by atoms with Gasteiger partial charge in [-0.3, -0.25) is 9.69 Å². The van der Waals surface area contributed by atoms with Crippen LogP contribution in [-0.2, 0) is 14.3 Å². The van der Waals surface area contributed by atoms with Crippen molar-refractivity contribution in [1.82, 2.24) is 10.2 Å². The van der Waals surface area contributed by atoms with Gasteiger partial charge in [-0.25, -0.2) is 14.0 Å². The van der Waals surface area contributed by atoms with Gasteiger partial charge >= 0.3 is 12.1 Å². The van der Waals surface area contributed by atoms with E-state index < -0.39 is 36.2 Å². The van der Waals surface area contributed by atoms with Crippen molar-refractivity contribution in [1.29, 1.82) is 0 Å². The van der Waals surface area contributed by atoms with E-state index in [1.807, 2.05) is 0 Å². The molecule has 1 fully saturated rings. The van der Waals surface area contributed by atoms with Gasteiger partial charge in [0.15, 0.2) is 0 Å². The zero-order chi connectivity index (χ0) is 16.0. The summed E-state index contributed by atoms with van der Waals surface area (Å²) in [6.45, 7) is 1.48. The van der Waals surface area contributed by atoms with Gasteiger partial charge in [0.25, 0.3) is 0 Å². The first kappa shape index (κ1) is 16.9. The lowest BCUT2D eigenvalue weighted by Crippen LogP contribution is -2.48. The molecular weight excluding hydrogens is 283 g/mol. The maximum atomic E-state index is 13.3. The number of carbonyl (C=O) groups is 3. The maximum Gasteiger partial charge on any atom is 0.408 e. The van der Waals surface area contributed by atoms with Crippen molar-refractivity contribution in [2.24, 2.45) is 0 Å². The van der Waals surface area contributed by atoms with E-state index in [1.165, 1.54) is 19.3 Å². The molecule has 1 rings (SSSR count). The van der Waals surface area contributed by atoms with E-state index in [0.29, 0.717) is 6.42 Å². The van der Waals surface area contributed by atoms with Crippen LogP contribution >= 0.6 is 0 Å². The summed E-state index contributed by atoms with van der Waals surface area (Å²) in [5.74, 6) is -1.13. The van der Waals surface area contributed by atoms with Gasteiger partial charge in [-0.1, -0.05) is 13.0 Å². The molecule has 2 amide bonds. The van der Waals surface area contributed by atoms with Crippen LogP contribution in [0.15, 0.2) is 12.2 Å². The third-order valence-electron chi connectivity index (χ3n) is 3.23. The number of nitrogens with zero attached hydrogens (tertiary/aromatic N) is 1. The van der Waals surface area contributed by atoms with E-state index in [-0.39, 0.29) is 13.0 Å². The molecule has 1 aliphatic heterocycles. The van der Waals surface area contributed by atoms with Gasteiger partial charge < -0.3 is 15.2 Å². The molecule has 0 bridgehead atoms. The van der Waals surface area contributed by atoms with Crippen molar-refractivity contribution in [3.63, 3.8) is 0 Å². The number of hydrogen-bond donors (Lipinski definition) is 2. The van der Waals surface area contributed by atoms with Crippen LogP contribution in [0, 0.1) is 0 Å². The Bertz CT molecular complexity index is 440. The zero-order valence-corrected chi connectivity index (χ0v) is 11.9. The number of alkyl halides is 1. The molecule has 8 heteroatoms. The maximum absolute atomic E-state index is 13.3. The first-order chi connectivity index (χ1) is 9.88. The number of carboxylic acid groups (broad SMARTS) is 1. The van der Waals surface area contributed by atoms with Crippen molar-refractivity contribution < 1.29 is 28.6 Å². The minimum Gasteiger partial charge on any atom is -0.466 e. The van der Waals surface area contributed by atoms with Gasteiger partial charge in [-0.2, -0.15) is 0 Å². The van der Waals surface area contributed by atoms with E-state index in [1.54, 1.807) is 6.92 Å². The zero-order valence-electron chi connectivity index (χ0n) is 11.9. The first-order valence-corrected chi connectivity index (χ1v) is 6.59. The summed E-state index contributed by atoms with van der Waals surface area (Å²) < 4.78 is 17.7. The third kappa shape index (κ3) is 4.73. The molecule has 0 aromatic heterocycles. The Morgan fingerprint density at radius 1 is 1.52 bits per heavy atom. The molecule has 0 radical (unpaired) electrons. The molecule has 1 heterocycles. The lowest BCUT2D eigenvalue weighted by molar-refractivity contribution is -0.135. The quantitative estimate of drug-likeness (QED) is 0.576. The average Bonchev–Trinajstić information content (AvgIpc) is 2.85. The molecule has 3 atom stereocenters. The molecule has 0 aromatic carbocycles. The minimum absolute atomic E-state index is 0.157. The van der Waals surface area contributed by atoms with E-state index in [2.05, 4.69) is 10.1 Å². The van der Waals surface area contributed by atoms with Crippen molar-refractivity contribution in [3.05, 3.63) is 12.2 Å².